The average Bonchev–Trinajstić information content (AvgIpc) is 3.14. The Balaban J connectivity index is 0.00000450. The number of rotatable bonds is 8. The number of hydrogen-bond acceptors (Lipinski definition) is 5. The highest BCUT2D eigenvalue weighted by Gasteiger charge is 2.15. The summed E-state index contributed by atoms with van der Waals surface area (Å²) in [4.78, 5) is 20.9. The number of halogens is 1. The molecule has 1 amide bonds. The molecule has 0 aliphatic carbocycles. The van der Waals surface area contributed by atoms with E-state index in [2.05, 4.69) is 43.4 Å². The minimum Gasteiger partial charge on any atom is -0.444 e. The summed E-state index contributed by atoms with van der Waals surface area (Å²) in [6.07, 6.45) is 0.370. The van der Waals surface area contributed by atoms with Crippen LogP contribution in [-0.2, 0) is 11.3 Å². The van der Waals surface area contributed by atoms with Crippen LogP contribution in [0, 0.1) is 0 Å². The Bertz CT molecular complexity index is 790. The van der Waals surface area contributed by atoms with Gasteiger partial charge in [-0.1, -0.05) is 30.3 Å². The lowest BCUT2D eigenvalue weighted by Crippen LogP contribution is -2.39. The first-order valence-electron chi connectivity index (χ1n) is 9.86. The first-order chi connectivity index (χ1) is 13.9. The Morgan fingerprint density at radius 3 is 2.50 bits per heavy atom. The molecule has 0 fully saturated rings. The highest BCUT2D eigenvalue weighted by Crippen LogP contribution is 2.21. The van der Waals surface area contributed by atoms with Crippen molar-refractivity contribution >= 4 is 47.4 Å². The summed E-state index contributed by atoms with van der Waals surface area (Å²) in [5.74, 6) is 0.737. The van der Waals surface area contributed by atoms with Crippen molar-refractivity contribution in [2.24, 2.45) is 4.99 Å². The van der Waals surface area contributed by atoms with Gasteiger partial charge in [0.05, 0.1) is 12.2 Å². The van der Waals surface area contributed by atoms with Gasteiger partial charge in [0.15, 0.2) is 5.96 Å². The molecule has 1 heterocycles. The molecule has 30 heavy (non-hydrogen) atoms. The van der Waals surface area contributed by atoms with Gasteiger partial charge in [-0.15, -0.1) is 35.3 Å². The van der Waals surface area contributed by atoms with Crippen LogP contribution >= 0.6 is 35.3 Å². The predicted octanol–water partition coefficient (Wildman–Crippen LogP) is 4.40. The van der Waals surface area contributed by atoms with E-state index >= 15 is 0 Å². The molecule has 0 aliphatic heterocycles. The number of ether oxygens (including phenoxy) is 1. The van der Waals surface area contributed by atoms with Crippen LogP contribution in [0.5, 0.6) is 0 Å². The summed E-state index contributed by atoms with van der Waals surface area (Å²) in [6, 6.07) is 10.1. The lowest BCUT2D eigenvalue weighted by Gasteiger charge is -2.19. The quantitative estimate of drug-likeness (QED) is 0.198. The van der Waals surface area contributed by atoms with Crippen molar-refractivity contribution in [3.8, 4) is 11.3 Å². The number of carbonyl (C=O) groups excluding carboxylic acids is 1. The molecule has 0 atom stereocenters. The number of carbonyl (C=O) groups is 1. The van der Waals surface area contributed by atoms with Crippen LogP contribution < -0.4 is 16.0 Å². The van der Waals surface area contributed by atoms with Gasteiger partial charge in [-0.25, -0.2) is 14.8 Å². The molecular weight excluding hydrogens is 513 g/mol. The van der Waals surface area contributed by atoms with E-state index in [1.54, 1.807) is 11.3 Å². The number of thiazole rings is 1. The third-order valence-electron chi connectivity index (χ3n) is 3.65. The Labute approximate surface area is 200 Å². The lowest BCUT2D eigenvalue weighted by atomic mass is 10.2. The highest BCUT2D eigenvalue weighted by molar-refractivity contribution is 14.0. The van der Waals surface area contributed by atoms with Crippen molar-refractivity contribution < 1.29 is 9.53 Å². The van der Waals surface area contributed by atoms with E-state index in [-0.39, 0.29) is 24.0 Å². The molecule has 0 saturated heterocycles. The smallest absolute Gasteiger partial charge is 0.407 e. The largest absolute Gasteiger partial charge is 0.444 e. The van der Waals surface area contributed by atoms with Gasteiger partial charge in [0.1, 0.15) is 10.6 Å². The third-order valence-corrected chi connectivity index (χ3v) is 4.49. The van der Waals surface area contributed by atoms with Gasteiger partial charge in [-0.3, -0.25) is 0 Å². The Hall–Kier alpha value is -1.88. The fourth-order valence-corrected chi connectivity index (χ4v) is 3.14. The molecule has 7 nitrogen and oxygen atoms in total. The minimum atomic E-state index is -0.483. The second-order valence-electron chi connectivity index (χ2n) is 7.40. The molecular formula is C21H32IN5O2S. The van der Waals surface area contributed by atoms with Crippen LogP contribution in [0.25, 0.3) is 11.3 Å². The Morgan fingerprint density at radius 1 is 1.13 bits per heavy atom. The third kappa shape index (κ3) is 10.2. The zero-order chi connectivity index (χ0) is 21.1. The number of benzene rings is 1. The van der Waals surface area contributed by atoms with Crippen LogP contribution in [-0.4, -0.2) is 42.3 Å². The number of guanidine groups is 1. The van der Waals surface area contributed by atoms with Crippen molar-refractivity contribution in [2.45, 2.75) is 46.3 Å². The first-order valence-corrected chi connectivity index (χ1v) is 10.7. The number of aromatic nitrogens is 1. The van der Waals surface area contributed by atoms with E-state index in [9.17, 15) is 4.79 Å². The molecule has 1 aromatic carbocycles. The normalized spacial score (nSPS) is 11.4. The van der Waals surface area contributed by atoms with Crippen LogP contribution in [0.3, 0.4) is 0 Å². The molecule has 0 bridgehead atoms. The Kier molecular flexibility index (Phi) is 11.7. The first kappa shape index (κ1) is 26.2. The lowest BCUT2D eigenvalue weighted by molar-refractivity contribution is 0.0527. The summed E-state index contributed by atoms with van der Waals surface area (Å²) >= 11 is 1.61. The Morgan fingerprint density at radius 2 is 1.83 bits per heavy atom. The number of hydrogen-bond donors (Lipinski definition) is 3. The molecule has 2 rings (SSSR count). The molecule has 9 heteroatoms. The fourth-order valence-electron chi connectivity index (χ4n) is 2.41. The van der Waals surface area contributed by atoms with Gasteiger partial charge >= 0.3 is 6.09 Å². The maximum Gasteiger partial charge on any atom is 0.407 e. The van der Waals surface area contributed by atoms with E-state index in [1.807, 2.05) is 45.9 Å². The fraction of sp³-hybridized carbons (Fsp3) is 0.476. The molecule has 0 unspecified atom stereocenters. The van der Waals surface area contributed by atoms with Crippen molar-refractivity contribution in [3.05, 3.63) is 40.7 Å². The molecule has 0 saturated carbocycles. The monoisotopic (exact) mass is 545 g/mol. The summed E-state index contributed by atoms with van der Waals surface area (Å²) in [7, 11) is 0. The summed E-state index contributed by atoms with van der Waals surface area (Å²) in [6.45, 7) is 10.1. The van der Waals surface area contributed by atoms with Crippen molar-refractivity contribution in [3.63, 3.8) is 0 Å². The predicted molar refractivity (Wildman–Crippen MR) is 135 cm³/mol. The summed E-state index contributed by atoms with van der Waals surface area (Å²) in [5.41, 5.74) is 1.61. The zero-order valence-electron chi connectivity index (χ0n) is 18.0. The highest BCUT2D eigenvalue weighted by atomic mass is 127. The number of aliphatic imine (C=N–C) groups is 1. The zero-order valence-corrected chi connectivity index (χ0v) is 21.2. The van der Waals surface area contributed by atoms with Gasteiger partial charge in [-0.2, -0.15) is 0 Å². The molecule has 0 radical (unpaired) electrons. The molecule has 1 aromatic heterocycles. The second-order valence-corrected chi connectivity index (χ2v) is 8.34. The van der Waals surface area contributed by atoms with Crippen LogP contribution in [0.15, 0.2) is 40.7 Å². The molecule has 3 N–H and O–H groups in total. The van der Waals surface area contributed by atoms with E-state index in [1.165, 1.54) is 0 Å². The van der Waals surface area contributed by atoms with Crippen LogP contribution in [0.4, 0.5) is 4.79 Å². The maximum atomic E-state index is 11.6. The van der Waals surface area contributed by atoms with Crippen molar-refractivity contribution in [1.82, 2.24) is 20.9 Å². The van der Waals surface area contributed by atoms with Gasteiger partial charge in [0.25, 0.3) is 0 Å². The topological polar surface area (TPSA) is 87.6 Å². The number of nitrogens with one attached hydrogen (secondary N) is 3. The van der Waals surface area contributed by atoms with Crippen molar-refractivity contribution in [1.29, 1.82) is 0 Å². The van der Waals surface area contributed by atoms with Gasteiger partial charge < -0.3 is 20.7 Å². The van der Waals surface area contributed by atoms with Gasteiger partial charge in [-0.05, 0) is 34.1 Å². The van der Waals surface area contributed by atoms with E-state index in [4.69, 9.17) is 4.74 Å². The minimum absolute atomic E-state index is 0. The molecule has 166 valence electrons. The van der Waals surface area contributed by atoms with E-state index < -0.39 is 11.7 Å². The summed E-state index contributed by atoms with van der Waals surface area (Å²) < 4.78 is 5.21. The number of alkyl carbamates (subject to hydrolysis) is 1. The van der Waals surface area contributed by atoms with Crippen LogP contribution in [0.2, 0.25) is 0 Å². The number of amides is 1. The van der Waals surface area contributed by atoms with Gasteiger partial charge in [0, 0.05) is 30.6 Å². The van der Waals surface area contributed by atoms with E-state index in [0.29, 0.717) is 19.6 Å². The maximum absolute atomic E-state index is 11.6. The standard InChI is InChI=1S/C21H31N5O2S.HI/c1-5-22-19(23-12-9-13-24-20(27)28-21(2,3)4)25-14-18-26-17(15-29-18)16-10-7-6-8-11-16;/h6-8,10-11,15H,5,9,12-14H2,1-4H3,(H,24,27)(H2,22,23,25);1H. The molecule has 2 aromatic rings. The summed E-state index contributed by atoms with van der Waals surface area (Å²) in [5, 5.41) is 12.3. The molecule has 0 spiro atoms. The van der Waals surface area contributed by atoms with E-state index in [0.717, 1.165) is 35.2 Å². The average molecular weight is 545 g/mol. The second kappa shape index (κ2) is 13.4. The molecule has 0 aliphatic rings. The number of nitrogens with zero attached hydrogens (tertiary/aromatic N) is 2. The SMILES string of the molecule is CCNC(=NCc1nc(-c2ccccc2)cs1)NCCCNC(=O)OC(C)(C)C.I. The van der Waals surface area contributed by atoms with Crippen LogP contribution in [0.1, 0.15) is 39.1 Å². The van der Waals surface area contributed by atoms with Gasteiger partial charge in [0.2, 0.25) is 0 Å². The van der Waals surface area contributed by atoms with Crippen molar-refractivity contribution in [2.75, 3.05) is 19.6 Å².